The molecule has 1 saturated carbocycles. The summed E-state index contributed by atoms with van der Waals surface area (Å²) < 4.78 is 11.0. The van der Waals surface area contributed by atoms with Crippen molar-refractivity contribution in [2.75, 3.05) is 11.8 Å². The van der Waals surface area contributed by atoms with Crippen molar-refractivity contribution in [3.8, 4) is 16.9 Å². The van der Waals surface area contributed by atoms with Gasteiger partial charge in [-0.05, 0) is 64.8 Å². The summed E-state index contributed by atoms with van der Waals surface area (Å²) in [6.45, 7) is 1.68. The van der Waals surface area contributed by atoms with Crippen LogP contribution >= 0.6 is 12.1 Å². The predicted molar refractivity (Wildman–Crippen MR) is 138 cm³/mol. The minimum absolute atomic E-state index is 0.208. The highest BCUT2D eigenvalue weighted by molar-refractivity contribution is 7.98. The van der Waals surface area contributed by atoms with E-state index in [1.54, 1.807) is 25.3 Å². The molecule has 0 radical (unpaired) electrons. The van der Waals surface area contributed by atoms with E-state index in [1.807, 2.05) is 0 Å². The lowest BCUT2D eigenvalue weighted by atomic mass is 9.83. The Balaban J connectivity index is 1.28. The Kier molecular flexibility index (Phi) is 6.79. The first-order valence-electron chi connectivity index (χ1n) is 11.9. The zero-order valence-corrected chi connectivity index (χ0v) is 20.2. The first-order valence-corrected chi connectivity index (χ1v) is 12.7. The van der Waals surface area contributed by atoms with Crippen LogP contribution in [0.15, 0.2) is 60.7 Å². The number of anilines is 1. The summed E-state index contributed by atoms with van der Waals surface area (Å²) in [5, 5.41) is 9.21. The molecule has 0 spiro atoms. The topological polar surface area (TPSA) is 61.8 Å². The van der Waals surface area contributed by atoms with E-state index in [0.717, 1.165) is 24.7 Å². The molecule has 3 aromatic rings. The average molecular weight is 475 g/mol. The summed E-state index contributed by atoms with van der Waals surface area (Å²) in [7, 11) is 1.55. The highest BCUT2D eigenvalue weighted by Gasteiger charge is 2.23. The normalized spacial score (nSPS) is 16.3. The minimum atomic E-state index is -0.966. The van der Waals surface area contributed by atoms with Gasteiger partial charge in [0.05, 0.1) is 18.4 Å². The van der Waals surface area contributed by atoms with Gasteiger partial charge in [0.2, 0.25) is 0 Å². The van der Waals surface area contributed by atoms with E-state index in [2.05, 4.69) is 51.5 Å². The van der Waals surface area contributed by atoms with Gasteiger partial charge >= 0.3 is 5.97 Å². The number of carboxylic acids is 1. The number of benzene rings is 3. The monoisotopic (exact) mass is 474 g/mol. The van der Waals surface area contributed by atoms with Crippen LogP contribution in [-0.4, -0.2) is 22.5 Å². The Bertz CT molecular complexity index is 1170. The van der Waals surface area contributed by atoms with Crippen LogP contribution in [0.3, 0.4) is 0 Å². The molecule has 0 bridgehead atoms. The second-order valence-corrected chi connectivity index (χ2v) is 10.0. The molecular formula is C28H30N2O3S. The van der Waals surface area contributed by atoms with Crippen LogP contribution in [-0.2, 0) is 13.1 Å². The van der Waals surface area contributed by atoms with Gasteiger partial charge in [0.15, 0.2) is 0 Å². The van der Waals surface area contributed by atoms with Gasteiger partial charge in [0, 0.05) is 25.2 Å². The van der Waals surface area contributed by atoms with Crippen LogP contribution in [0, 0.1) is 0 Å². The Hall–Kier alpha value is -2.96. The van der Waals surface area contributed by atoms with E-state index in [0.29, 0.717) is 5.75 Å². The number of hydrogen-bond acceptors (Lipinski definition) is 5. The molecule has 1 aliphatic carbocycles. The molecule has 1 heterocycles. The molecule has 3 aromatic carbocycles. The van der Waals surface area contributed by atoms with Crippen LogP contribution in [0.25, 0.3) is 11.1 Å². The number of carbonyl (C=O) groups is 1. The van der Waals surface area contributed by atoms with Crippen LogP contribution in [0.1, 0.15) is 65.1 Å². The van der Waals surface area contributed by atoms with Crippen molar-refractivity contribution in [1.82, 2.24) is 4.31 Å². The van der Waals surface area contributed by atoms with Crippen molar-refractivity contribution in [2.24, 2.45) is 0 Å². The van der Waals surface area contributed by atoms with Crippen LogP contribution in [0.5, 0.6) is 5.75 Å². The van der Waals surface area contributed by atoms with Crippen molar-refractivity contribution in [2.45, 2.75) is 51.1 Å². The molecule has 0 saturated heterocycles. The molecule has 0 unspecified atom stereocenters. The van der Waals surface area contributed by atoms with Crippen LogP contribution < -0.4 is 9.46 Å². The van der Waals surface area contributed by atoms with Gasteiger partial charge in [0.25, 0.3) is 0 Å². The number of nitrogens with one attached hydrogen (secondary N) is 1. The molecule has 0 amide bonds. The molecule has 2 N–H and O–H groups in total. The summed E-state index contributed by atoms with van der Waals surface area (Å²) in [6, 6.07) is 20.7. The summed E-state index contributed by atoms with van der Waals surface area (Å²) in [6.07, 6.45) is 6.74. The number of nitrogens with zero attached hydrogens (tertiary/aromatic N) is 1. The number of aromatic carboxylic acids is 1. The standard InChI is InChI=1S/C28H30N2O3S/c1-33-27-16-22(28(31)32)14-15-26(27)29-34-30-17-23-8-5-9-24(25(23)18-30)21-12-10-20(11-13-21)19-6-3-2-4-7-19/h5,8-16,19,29H,2-4,6-7,17-18H2,1H3,(H,31,32). The van der Waals surface area contributed by atoms with E-state index < -0.39 is 5.97 Å². The van der Waals surface area contributed by atoms with E-state index in [1.165, 1.54) is 72.1 Å². The minimum Gasteiger partial charge on any atom is -0.495 e. The van der Waals surface area contributed by atoms with Gasteiger partial charge in [-0.2, -0.15) is 0 Å². The molecule has 34 heavy (non-hydrogen) atoms. The number of methoxy groups -OCH3 is 1. The molecule has 2 aliphatic rings. The van der Waals surface area contributed by atoms with Gasteiger partial charge < -0.3 is 14.6 Å². The van der Waals surface area contributed by atoms with Crippen LogP contribution in [0.2, 0.25) is 0 Å². The van der Waals surface area contributed by atoms with E-state index in [9.17, 15) is 9.90 Å². The largest absolute Gasteiger partial charge is 0.495 e. The van der Waals surface area contributed by atoms with Crippen LogP contribution in [0.4, 0.5) is 5.69 Å². The lowest BCUT2D eigenvalue weighted by Crippen LogP contribution is -2.10. The van der Waals surface area contributed by atoms with Gasteiger partial charge in [0.1, 0.15) is 5.75 Å². The third kappa shape index (κ3) is 4.79. The van der Waals surface area contributed by atoms with Gasteiger partial charge in [-0.3, -0.25) is 0 Å². The van der Waals surface area contributed by atoms with Gasteiger partial charge in [-0.1, -0.05) is 61.7 Å². The molecular weight excluding hydrogens is 444 g/mol. The third-order valence-corrected chi connectivity index (χ3v) is 7.81. The molecule has 1 aliphatic heterocycles. The van der Waals surface area contributed by atoms with E-state index >= 15 is 0 Å². The van der Waals surface area contributed by atoms with Gasteiger partial charge in [-0.25, -0.2) is 9.10 Å². The highest BCUT2D eigenvalue weighted by Crippen LogP contribution is 2.38. The van der Waals surface area contributed by atoms with Crippen molar-refractivity contribution in [3.63, 3.8) is 0 Å². The number of carboxylic acid groups (broad SMARTS) is 1. The quantitative estimate of drug-likeness (QED) is 0.356. The second kappa shape index (κ2) is 10.1. The SMILES string of the molecule is COc1cc(C(=O)O)ccc1NSN1Cc2cccc(-c3ccc(C4CCCCC4)cc3)c2C1. The summed E-state index contributed by atoms with van der Waals surface area (Å²) >= 11 is 1.52. The summed E-state index contributed by atoms with van der Waals surface area (Å²) in [5.74, 6) is 0.276. The second-order valence-electron chi connectivity index (χ2n) is 9.11. The lowest BCUT2D eigenvalue weighted by molar-refractivity contribution is 0.0696. The van der Waals surface area contributed by atoms with Crippen molar-refractivity contribution in [3.05, 3.63) is 82.9 Å². The van der Waals surface area contributed by atoms with Crippen molar-refractivity contribution in [1.29, 1.82) is 0 Å². The first kappa shape index (κ1) is 22.8. The molecule has 5 rings (SSSR count). The fourth-order valence-electron chi connectivity index (χ4n) is 5.12. The number of hydrogen-bond donors (Lipinski definition) is 2. The Morgan fingerprint density at radius 2 is 1.82 bits per heavy atom. The predicted octanol–water partition coefficient (Wildman–Crippen LogP) is 7.10. The van der Waals surface area contributed by atoms with Crippen molar-refractivity contribution >= 4 is 23.8 Å². The molecule has 6 heteroatoms. The maximum absolute atomic E-state index is 11.2. The number of ether oxygens (including phenoxy) is 1. The first-order chi connectivity index (χ1) is 16.6. The van der Waals surface area contributed by atoms with Crippen molar-refractivity contribution < 1.29 is 14.6 Å². The summed E-state index contributed by atoms with van der Waals surface area (Å²) in [5.41, 5.74) is 7.75. The maximum Gasteiger partial charge on any atom is 0.335 e. The third-order valence-electron chi connectivity index (χ3n) is 6.99. The molecule has 5 nitrogen and oxygen atoms in total. The zero-order chi connectivity index (χ0) is 23.5. The molecule has 0 aromatic heterocycles. The highest BCUT2D eigenvalue weighted by atomic mass is 32.2. The maximum atomic E-state index is 11.2. The Morgan fingerprint density at radius 1 is 1.03 bits per heavy atom. The fourth-order valence-corrected chi connectivity index (χ4v) is 5.91. The molecule has 1 fully saturated rings. The van der Waals surface area contributed by atoms with E-state index in [4.69, 9.17) is 4.74 Å². The zero-order valence-electron chi connectivity index (χ0n) is 19.4. The average Bonchev–Trinajstić information content (AvgIpc) is 3.31. The number of rotatable bonds is 7. The van der Waals surface area contributed by atoms with Gasteiger partial charge in [-0.15, -0.1) is 0 Å². The molecule has 0 atom stereocenters. The summed E-state index contributed by atoms with van der Waals surface area (Å²) in [4.78, 5) is 11.2. The lowest BCUT2D eigenvalue weighted by Gasteiger charge is -2.22. The van der Waals surface area contributed by atoms with E-state index in [-0.39, 0.29) is 5.56 Å². The smallest absolute Gasteiger partial charge is 0.335 e. The molecule has 176 valence electrons. The fraction of sp³-hybridized carbons (Fsp3) is 0.321. The Labute approximate surface area is 205 Å². The number of fused-ring (bicyclic) bond motifs is 1. The Morgan fingerprint density at radius 3 is 2.56 bits per heavy atom.